The molecule has 0 radical (unpaired) electrons. The van der Waals surface area contributed by atoms with Crippen molar-refractivity contribution in [3.8, 4) is 5.75 Å². The van der Waals surface area contributed by atoms with Crippen LogP contribution in [0.15, 0.2) is 114 Å². The molecule has 4 aromatic carbocycles. The van der Waals surface area contributed by atoms with Gasteiger partial charge in [-0.2, -0.15) is 0 Å². The molecule has 0 atom stereocenters. The van der Waals surface area contributed by atoms with E-state index in [1.165, 1.54) is 24.3 Å². The first kappa shape index (κ1) is 24.3. The van der Waals surface area contributed by atoms with Gasteiger partial charge in [0.25, 0.3) is 10.0 Å². The number of hydrogen-bond donors (Lipinski definition) is 1. The summed E-state index contributed by atoms with van der Waals surface area (Å²) < 4.78 is 33.5. The van der Waals surface area contributed by atoms with E-state index in [1.807, 2.05) is 30.3 Å². The summed E-state index contributed by atoms with van der Waals surface area (Å²) in [6.07, 6.45) is 0. The first-order valence-corrected chi connectivity index (χ1v) is 12.6. The van der Waals surface area contributed by atoms with Gasteiger partial charge in [0.1, 0.15) is 18.9 Å². The molecule has 0 aliphatic heterocycles. The Kier molecular flexibility index (Phi) is 7.70. The highest BCUT2D eigenvalue weighted by Gasteiger charge is 2.27. The SMILES string of the molecule is O=C(CN(c1ccccc1)S(=O)(=O)c1ccc(Cl)cc1)Nc1ccc(OCc2ccccc2)cc1. The number of benzene rings is 4. The van der Waals surface area contributed by atoms with Crippen LogP contribution in [-0.2, 0) is 21.4 Å². The van der Waals surface area contributed by atoms with Crippen LogP contribution in [0.3, 0.4) is 0 Å². The molecule has 0 fully saturated rings. The second-order valence-corrected chi connectivity index (χ2v) is 9.95. The molecule has 0 saturated heterocycles. The minimum Gasteiger partial charge on any atom is -0.489 e. The number of ether oxygens (including phenoxy) is 1. The van der Waals surface area contributed by atoms with E-state index in [0.29, 0.717) is 28.8 Å². The van der Waals surface area contributed by atoms with Crippen LogP contribution in [0.1, 0.15) is 5.56 Å². The van der Waals surface area contributed by atoms with Crippen molar-refractivity contribution >= 4 is 38.9 Å². The number of anilines is 2. The van der Waals surface area contributed by atoms with Crippen molar-refractivity contribution in [2.75, 3.05) is 16.2 Å². The molecular formula is C27H23ClN2O4S. The Morgan fingerprint density at radius 1 is 0.800 bits per heavy atom. The van der Waals surface area contributed by atoms with Gasteiger partial charge < -0.3 is 10.1 Å². The number of carbonyl (C=O) groups is 1. The van der Waals surface area contributed by atoms with E-state index in [0.717, 1.165) is 9.87 Å². The van der Waals surface area contributed by atoms with Gasteiger partial charge in [-0.1, -0.05) is 60.1 Å². The maximum absolute atomic E-state index is 13.4. The quantitative estimate of drug-likeness (QED) is 0.313. The van der Waals surface area contributed by atoms with Gasteiger partial charge in [-0.3, -0.25) is 9.10 Å². The van der Waals surface area contributed by atoms with E-state index in [9.17, 15) is 13.2 Å². The third-order valence-electron chi connectivity index (χ3n) is 5.12. The zero-order chi connectivity index (χ0) is 24.7. The molecule has 0 aliphatic carbocycles. The number of rotatable bonds is 9. The third-order valence-corrected chi connectivity index (χ3v) is 7.16. The maximum Gasteiger partial charge on any atom is 0.264 e. The Labute approximate surface area is 209 Å². The number of carbonyl (C=O) groups excluding carboxylic acids is 1. The molecule has 8 heteroatoms. The molecule has 0 unspecified atom stereocenters. The Bertz CT molecular complexity index is 1360. The zero-order valence-electron chi connectivity index (χ0n) is 18.7. The molecule has 0 saturated carbocycles. The van der Waals surface area contributed by atoms with Crippen LogP contribution >= 0.6 is 11.6 Å². The first-order valence-electron chi connectivity index (χ1n) is 10.8. The summed E-state index contributed by atoms with van der Waals surface area (Å²) in [6, 6.07) is 31.0. The summed E-state index contributed by atoms with van der Waals surface area (Å²) in [5.74, 6) is 0.174. The van der Waals surface area contributed by atoms with Crippen molar-refractivity contribution in [3.05, 3.63) is 120 Å². The lowest BCUT2D eigenvalue weighted by atomic mass is 10.2. The molecule has 0 heterocycles. The normalized spacial score (nSPS) is 11.0. The molecule has 0 aromatic heterocycles. The molecule has 0 aliphatic rings. The van der Waals surface area contributed by atoms with Crippen molar-refractivity contribution < 1.29 is 17.9 Å². The zero-order valence-corrected chi connectivity index (χ0v) is 20.2. The Balaban J connectivity index is 1.46. The molecule has 178 valence electrons. The number of amides is 1. The van der Waals surface area contributed by atoms with Gasteiger partial charge in [-0.05, 0) is 66.2 Å². The third kappa shape index (κ3) is 6.41. The number of nitrogens with one attached hydrogen (secondary N) is 1. The lowest BCUT2D eigenvalue weighted by Gasteiger charge is -2.24. The fraction of sp³-hybridized carbons (Fsp3) is 0.0741. The molecule has 1 N–H and O–H groups in total. The van der Waals surface area contributed by atoms with Crippen molar-refractivity contribution in [1.82, 2.24) is 0 Å². The van der Waals surface area contributed by atoms with E-state index in [1.54, 1.807) is 54.6 Å². The smallest absolute Gasteiger partial charge is 0.264 e. The average Bonchev–Trinajstić information content (AvgIpc) is 2.88. The summed E-state index contributed by atoms with van der Waals surface area (Å²) in [6.45, 7) is 0.0301. The standard InChI is InChI=1S/C27H23ClN2O4S/c28-22-11-17-26(18-12-22)35(32,33)30(24-9-5-2-6-10-24)19-27(31)29-23-13-15-25(16-14-23)34-20-21-7-3-1-4-8-21/h1-18H,19-20H2,(H,29,31). The van der Waals surface area contributed by atoms with Crippen molar-refractivity contribution in [2.45, 2.75) is 11.5 Å². The van der Waals surface area contributed by atoms with Gasteiger partial charge in [0.2, 0.25) is 5.91 Å². The van der Waals surface area contributed by atoms with Crippen LogP contribution < -0.4 is 14.4 Å². The minimum atomic E-state index is -4.00. The minimum absolute atomic E-state index is 0.0403. The van der Waals surface area contributed by atoms with Gasteiger partial charge >= 0.3 is 0 Å². The molecule has 1 amide bonds. The number of hydrogen-bond acceptors (Lipinski definition) is 4. The van der Waals surface area contributed by atoms with Gasteiger partial charge in [-0.25, -0.2) is 8.42 Å². The number of nitrogens with zero attached hydrogens (tertiary/aromatic N) is 1. The van der Waals surface area contributed by atoms with Crippen LogP contribution in [0.5, 0.6) is 5.75 Å². The van der Waals surface area contributed by atoms with Gasteiger partial charge in [-0.15, -0.1) is 0 Å². The summed E-state index contributed by atoms with van der Waals surface area (Å²) in [5, 5.41) is 3.17. The summed E-state index contributed by atoms with van der Waals surface area (Å²) in [4.78, 5) is 12.9. The molecule has 4 rings (SSSR count). The van der Waals surface area contributed by atoms with E-state index >= 15 is 0 Å². The van der Waals surface area contributed by atoms with Gasteiger partial charge in [0.05, 0.1) is 10.6 Å². The largest absolute Gasteiger partial charge is 0.489 e. The highest BCUT2D eigenvalue weighted by atomic mass is 35.5. The molecule has 4 aromatic rings. The topological polar surface area (TPSA) is 75.7 Å². The van der Waals surface area contributed by atoms with E-state index in [4.69, 9.17) is 16.3 Å². The maximum atomic E-state index is 13.4. The van der Waals surface area contributed by atoms with Crippen molar-refractivity contribution in [2.24, 2.45) is 0 Å². The monoisotopic (exact) mass is 506 g/mol. The van der Waals surface area contributed by atoms with Crippen LogP contribution in [0.25, 0.3) is 0 Å². The number of sulfonamides is 1. The second kappa shape index (κ2) is 11.1. The summed E-state index contributed by atoms with van der Waals surface area (Å²) >= 11 is 5.91. The Morgan fingerprint density at radius 2 is 1.40 bits per heavy atom. The second-order valence-electron chi connectivity index (χ2n) is 7.65. The van der Waals surface area contributed by atoms with E-state index in [-0.39, 0.29) is 4.90 Å². The summed E-state index contributed by atoms with van der Waals surface area (Å²) in [7, 11) is -4.00. The Morgan fingerprint density at radius 3 is 2.03 bits per heavy atom. The molecule has 0 spiro atoms. The van der Waals surface area contributed by atoms with Crippen molar-refractivity contribution in [1.29, 1.82) is 0 Å². The first-order chi connectivity index (χ1) is 16.9. The van der Waals surface area contributed by atoms with Crippen molar-refractivity contribution in [3.63, 3.8) is 0 Å². The Hall–Kier alpha value is -3.81. The van der Waals surface area contributed by atoms with E-state index in [2.05, 4.69) is 5.32 Å². The number of halogens is 1. The van der Waals surface area contributed by atoms with Crippen LogP contribution in [0, 0.1) is 0 Å². The van der Waals surface area contributed by atoms with Crippen LogP contribution in [-0.4, -0.2) is 20.9 Å². The average molecular weight is 507 g/mol. The predicted molar refractivity (Wildman–Crippen MR) is 138 cm³/mol. The van der Waals surface area contributed by atoms with Crippen LogP contribution in [0.2, 0.25) is 5.02 Å². The number of para-hydroxylation sites is 1. The van der Waals surface area contributed by atoms with Gasteiger partial charge in [0, 0.05) is 10.7 Å². The predicted octanol–water partition coefficient (Wildman–Crippen LogP) is 5.75. The molecular weight excluding hydrogens is 484 g/mol. The van der Waals surface area contributed by atoms with E-state index < -0.39 is 22.5 Å². The van der Waals surface area contributed by atoms with Crippen LogP contribution in [0.4, 0.5) is 11.4 Å². The molecule has 6 nitrogen and oxygen atoms in total. The molecule has 0 bridgehead atoms. The summed E-state index contributed by atoms with van der Waals surface area (Å²) in [5.41, 5.74) is 1.95. The lowest BCUT2D eigenvalue weighted by molar-refractivity contribution is -0.114. The van der Waals surface area contributed by atoms with Gasteiger partial charge in [0.15, 0.2) is 0 Å². The molecule has 35 heavy (non-hydrogen) atoms. The highest BCUT2D eigenvalue weighted by Crippen LogP contribution is 2.25. The highest BCUT2D eigenvalue weighted by molar-refractivity contribution is 7.92. The fourth-order valence-electron chi connectivity index (χ4n) is 3.35. The lowest BCUT2D eigenvalue weighted by Crippen LogP contribution is -2.38. The fourth-order valence-corrected chi connectivity index (χ4v) is 4.90.